The molecule has 1 N–H and O–H groups in total. The zero-order chi connectivity index (χ0) is 28.4. The summed E-state index contributed by atoms with van der Waals surface area (Å²) in [7, 11) is 1.47. The number of ether oxygens (including phenoxy) is 1. The number of likely N-dealkylation sites (tertiary alicyclic amines) is 1. The molecule has 1 saturated heterocycles. The van der Waals surface area contributed by atoms with E-state index in [0.717, 1.165) is 11.3 Å². The topological polar surface area (TPSA) is 132 Å². The molecule has 0 saturated carbocycles. The molecule has 11 nitrogen and oxygen atoms in total. The minimum absolute atomic E-state index is 0.123. The molecule has 40 heavy (non-hydrogen) atoms. The molecule has 4 heterocycles. The molecule has 0 spiro atoms. The van der Waals surface area contributed by atoms with E-state index in [0.29, 0.717) is 27.6 Å². The summed E-state index contributed by atoms with van der Waals surface area (Å²) in [4.78, 5) is 52.6. The Morgan fingerprint density at radius 1 is 1.15 bits per heavy atom. The number of nitrogens with one attached hydrogen (secondary N) is 1. The Morgan fingerprint density at radius 2 is 1.93 bits per heavy atom. The molecule has 1 aromatic carbocycles. The number of fused-ring (bicyclic) bond motifs is 1. The van der Waals surface area contributed by atoms with E-state index in [9.17, 15) is 18.8 Å². The molecule has 2 amide bonds. The predicted octanol–water partition coefficient (Wildman–Crippen LogP) is 3.57. The molecule has 4 aromatic rings. The van der Waals surface area contributed by atoms with Crippen LogP contribution in [-0.4, -0.2) is 73.1 Å². The van der Waals surface area contributed by atoms with E-state index < -0.39 is 24.0 Å². The molecule has 3 aromatic heterocycles. The molecule has 1 fully saturated rings. The average molecular weight is 610 g/mol. The number of methoxy groups -OCH3 is 1. The highest BCUT2D eigenvalue weighted by Crippen LogP contribution is 2.28. The minimum atomic E-state index is -1.35. The molecular formula is C27H25BrFN7O4. The van der Waals surface area contributed by atoms with Gasteiger partial charge >= 0.3 is 6.01 Å². The van der Waals surface area contributed by atoms with Gasteiger partial charge in [-0.15, -0.1) is 0 Å². The number of alkyl halides is 2. The van der Waals surface area contributed by atoms with E-state index in [1.54, 1.807) is 48.8 Å². The van der Waals surface area contributed by atoms with E-state index >= 15 is 0 Å². The molecule has 2 atom stereocenters. The van der Waals surface area contributed by atoms with Crippen molar-refractivity contribution in [2.45, 2.75) is 37.4 Å². The highest BCUT2D eigenvalue weighted by molar-refractivity contribution is 9.08. The normalized spacial score (nSPS) is 16.8. The molecule has 13 heteroatoms. The lowest BCUT2D eigenvalue weighted by molar-refractivity contribution is -0.137. The molecule has 1 aliphatic rings. The summed E-state index contributed by atoms with van der Waals surface area (Å²) < 4.78 is 20.9. The van der Waals surface area contributed by atoms with Gasteiger partial charge in [0.05, 0.1) is 24.9 Å². The maximum atomic E-state index is 14.5. The molecule has 0 bridgehead atoms. The largest absolute Gasteiger partial charge is 0.467 e. The van der Waals surface area contributed by atoms with E-state index in [-0.39, 0.29) is 37.0 Å². The summed E-state index contributed by atoms with van der Waals surface area (Å²) in [5, 5.41) is 8.14. The summed E-state index contributed by atoms with van der Waals surface area (Å²) in [6.07, 6.45) is 1.73. The standard InChI is InChI=1S/C27H25BrFN7O4/c1-15(37)25-20-8-16(17-11-30-27(40-2)31-12-17)6-7-21(20)36(34-25)14-24(38)35-13-18(29)9-22(35)26(39)33-23-5-3-4-19(10-28)32-23/h3-8,11-12,18,22H,9-10,13-14H2,1-2H3,(H,32,33,39)/t18-,22+/m1/s1. The summed E-state index contributed by atoms with van der Waals surface area (Å²) in [6.45, 7) is 0.902. The quantitative estimate of drug-likeness (QED) is 0.237. The number of aromatic nitrogens is 5. The number of pyridine rings is 1. The van der Waals surface area contributed by atoms with Crippen LogP contribution in [0.4, 0.5) is 10.2 Å². The van der Waals surface area contributed by atoms with Gasteiger partial charge in [-0.2, -0.15) is 5.10 Å². The summed E-state index contributed by atoms with van der Waals surface area (Å²) in [5.74, 6) is -0.970. The Bertz CT molecular complexity index is 1590. The fourth-order valence-corrected chi connectivity index (χ4v) is 4.98. The van der Waals surface area contributed by atoms with E-state index in [2.05, 4.69) is 41.3 Å². The fraction of sp³-hybridized carbons (Fsp3) is 0.296. The Hall–Kier alpha value is -4.26. The van der Waals surface area contributed by atoms with Crippen LogP contribution in [0.5, 0.6) is 6.01 Å². The first-order chi connectivity index (χ1) is 19.3. The summed E-state index contributed by atoms with van der Waals surface area (Å²) >= 11 is 3.32. The number of anilines is 1. The number of hydrogen-bond acceptors (Lipinski definition) is 8. The maximum Gasteiger partial charge on any atom is 0.316 e. The van der Waals surface area contributed by atoms with Crippen LogP contribution in [0.3, 0.4) is 0 Å². The van der Waals surface area contributed by atoms with Gasteiger partial charge in [-0.05, 0) is 29.8 Å². The number of benzene rings is 1. The second-order valence-corrected chi connectivity index (χ2v) is 9.85. The van der Waals surface area contributed by atoms with Crippen molar-refractivity contribution in [2.24, 2.45) is 0 Å². The Balaban J connectivity index is 1.39. The lowest BCUT2D eigenvalue weighted by Crippen LogP contribution is -2.44. The lowest BCUT2D eigenvalue weighted by atomic mass is 10.0. The number of ketones is 1. The van der Waals surface area contributed by atoms with Crippen molar-refractivity contribution in [2.75, 3.05) is 19.0 Å². The fourth-order valence-electron chi connectivity index (χ4n) is 4.67. The average Bonchev–Trinajstić information content (AvgIpc) is 3.53. The van der Waals surface area contributed by atoms with Crippen LogP contribution in [0.25, 0.3) is 22.0 Å². The molecule has 0 radical (unpaired) electrons. The molecule has 0 unspecified atom stereocenters. The number of halogens is 2. The minimum Gasteiger partial charge on any atom is -0.467 e. The van der Waals surface area contributed by atoms with Crippen molar-refractivity contribution in [3.05, 3.63) is 60.2 Å². The monoisotopic (exact) mass is 609 g/mol. The molecule has 1 aliphatic heterocycles. The maximum absolute atomic E-state index is 14.5. The van der Waals surface area contributed by atoms with Crippen molar-refractivity contribution in [1.29, 1.82) is 0 Å². The first kappa shape index (κ1) is 27.3. The van der Waals surface area contributed by atoms with Gasteiger partial charge in [-0.1, -0.05) is 28.1 Å². The van der Waals surface area contributed by atoms with Crippen LogP contribution in [-0.2, 0) is 21.5 Å². The van der Waals surface area contributed by atoms with Crippen LogP contribution in [0.1, 0.15) is 29.5 Å². The third-order valence-corrected chi connectivity index (χ3v) is 7.16. The predicted molar refractivity (Wildman–Crippen MR) is 148 cm³/mol. The number of Topliss-reactive ketones (excluding diaryl/α,β-unsaturated/α-hetero) is 1. The summed E-state index contributed by atoms with van der Waals surface area (Å²) in [5.41, 5.74) is 2.91. The number of amides is 2. The van der Waals surface area contributed by atoms with Gasteiger partial charge in [-0.3, -0.25) is 19.1 Å². The number of hydrogen-bond donors (Lipinski definition) is 1. The van der Waals surface area contributed by atoms with Gasteiger partial charge in [0.2, 0.25) is 11.8 Å². The van der Waals surface area contributed by atoms with Gasteiger partial charge in [0.25, 0.3) is 0 Å². The van der Waals surface area contributed by atoms with Crippen LogP contribution >= 0.6 is 15.9 Å². The van der Waals surface area contributed by atoms with Crippen LogP contribution in [0.2, 0.25) is 0 Å². The second-order valence-electron chi connectivity index (χ2n) is 9.28. The SMILES string of the molecule is COc1ncc(-c2ccc3c(c2)c(C(C)=O)nn3CC(=O)N2C[C@H](F)C[C@H]2C(=O)Nc2cccc(CBr)n2)cn1. The number of rotatable bonds is 8. The highest BCUT2D eigenvalue weighted by Gasteiger charge is 2.40. The molecular weight excluding hydrogens is 585 g/mol. The van der Waals surface area contributed by atoms with Gasteiger partial charge in [0.1, 0.15) is 30.3 Å². The van der Waals surface area contributed by atoms with Gasteiger partial charge in [0.15, 0.2) is 5.78 Å². The van der Waals surface area contributed by atoms with Crippen molar-refractivity contribution in [3.63, 3.8) is 0 Å². The van der Waals surface area contributed by atoms with E-state index in [4.69, 9.17) is 4.74 Å². The number of carbonyl (C=O) groups is 3. The first-order valence-electron chi connectivity index (χ1n) is 12.4. The van der Waals surface area contributed by atoms with Crippen LogP contribution in [0, 0.1) is 0 Å². The first-order valence-corrected chi connectivity index (χ1v) is 13.5. The van der Waals surface area contributed by atoms with Crippen LogP contribution < -0.4 is 10.1 Å². The van der Waals surface area contributed by atoms with Crippen molar-refractivity contribution < 1.29 is 23.5 Å². The van der Waals surface area contributed by atoms with Crippen molar-refractivity contribution in [1.82, 2.24) is 29.6 Å². The number of carbonyl (C=O) groups excluding carboxylic acids is 3. The van der Waals surface area contributed by atoms with E-state index in [1.807, 2.05) is 0 Å². The third kappa shape index (κ3) is 5.55. The third-order valence-electron chi connectivity index (χ3n) is 6.58. The van der Waals surface area contributed by atoms with Crippen molar-refractivity contribution >= 4 is 50.2 Å². The molecule has 5 rings (SSSR count). The Morgan fingerprint density at radius 3 is 2.62 bits per heavy atom. The van der Waals surface area contributed by atoms with Crippen LogP contribution in [0.15, 0.2) is 48.8 Å². The molecule has 0 aliphatic carbocycles. The summed E-state index contributed by atoms with van der Waals surface area (Å²) in [6, 6.07) is 9.73. The van der Waals surface area contributed by atoms with Gasteiger partial charge in [-0.25, -0.2) is 19.3 Å². The molecule has 206 valence electrons. The zero-order valence-electron chi connectivity index (χ0n) is 21.7. The van der Waals surface area contributed by atoms with E-state index in [1.165, 1.54) is 23.6 Å². The van der Waals surface area contributed by atoms with Crippen molar-refractivity contribution in [3.8, 4) is 17.1 Å². The second kappa shape index (κ2) is 11.5. The Labute approximate surface area is 236 Å². The smallest absolute Gasteiger partial charge is 0.316 e. The number of nitrogens with zero attached hydrogens (tertiary/aromatic N) is 6. The zero-order valence-corrected chi connectivity index (χ0v) is 23.3. The lowest BCUT2D eigenvalue weighted by Gasteiger charge is -2.23. The Kier molecular flexibility index (Phi) is 7.83. The van der Waals surface area contributed by atoms with Gasteiger partial charge < -0.3 is 15.0 Å². The van der Waals surface area contributed by atoms with Gasteiger partial charge in [0, 0.05) is 42.0 Å². The highest BCUT2D eigenvalue weighted by atomic mass is 79.9.